The lowest BCUT2D eigenvalue weighted by Crippen LogP contribution is -2.50. The summed E-state index contributed by atoms with van der Waals surface area (Å²) in [4.78, 5) is 21.8. The summed E-state index contributed by atoms with van der Waals surface area (Å²) >= 11 is 0. The zero-order valence-corrected chi connectivity index (χ0v) is 10.2. The van der Waals surface area contributed by atoms with E-state index < -0.39 is 5.97 Å². The molecule has 0 aromatic carbocycles. The zero-order chi connectivity index (χ0) is 12.7. The van der Waals surface area contributed by atoms with Crippen molar-refractivity contribution in [2.75, 3.05) is 6.54 Å². The second-order valence-corrected chi connectivity index (χ2v) is 4.95. The Balaban J connectivity index is 1.95. The van der Waals surface area contributed by atoms with Gasteiger partial charge in [-0.1, -0.05) is 6.42 Å². The maximum Gasteiger partial charge on any atom is 0.303 e. The number of rotatable bonds is 8. The van der Waals surface area contributed by atoms with Gasteiger partial charge in [0.2, 0.25) is 5.91 Å². The van der Waals surface area contributed by atoms with E-state index in [1.807, 2.05) is 0 Å². The van der Waals surface area contributed by atoms with E-state index in [1.54, 1.807) is 0 Å². The Hall–Kier alpha value is -1.10. The molecular formula is C12H22N2O3. The molecule has 0 aromatic heterocycles. The standard InChI is InChI=1S/C12H22N2O3/c13-12(6-4-7-12)9-10(15)14-8-3-1-2-5-11(16)17/h1-9,13H2,(H,14,15)(H,16,17). The molecule has 98 valence electrons. The summed E-state index contributed by atoms with van der Waals surface area (Å²) in [5.74, 6) is -0.741. The van der Waals surface area contributed by atoms with Gasteiger partial charge in [-0.15, -0.1) is 0 Å². The average Bonchev–Trinajstić information content (AvgIpc) is 2.20. The Morgan fingerprint density at radius 1 is 1.24 bits per heavy atom. The summed E-state index contributed by atoms with van der Waals surface area (Å²) in [5.41, 5.74) is 5.71. The van der Waals surface area contributed by atoms with E-state index >= 15 is 0 Å². The number of carbonyl (C=O) groups is 2. The second kappa shape index (κ2) is 6.59. The third kappa shape index (κ3) is 5.68. The van der Waals surface area contributed by atoms with Crippen molar-refractivity contribution >= 4 is 11.9 Å². The Labute approximate surface area is 102 Å². The maximum absolute atomic E-state index is 11.5. The van der Waals surface area contributed by atoms with Crippen LogP contribution in [0, 0.1) is 0 Å². The van der Waals surface area contributed by atoms with E-state index in [2.05, 4.69) is 5.32 Å². The molecule has 0 atom stereocenters. The van der Waals surface area contributed by atoms with Crippen LogP contribution < -0.4 is 11.1 Å². The highest BCUT2D eigenvalue weighted by Crippen LogP contribution is 2.31. The van der Waals surface area contributed by atoms with Gasteiger partial charge in [-0.05, 0) is 32.1 Å². The smallest absolute Gasteiger partial charge is 0.303 e. The molecule has 0 aliphatic heterocycles. The third-order valence-corrected chi connectivity index (χ3v) is 3.25. The number of nitrogens with two attached hydrogens (primary N) is 1. The number of unbranched alkanes of at least 4 members (excludes halogenated alkanes) is 2. The SMILES string of the molecule is NC1(CC(=O)NCCCCCC(=O)O)CCC1. The van der Waals surface area contributed by atoms with E-state index in [1.165, 1.54) is 0 Å². The fourth-order valence-corrected chi connectivity index (χ4v) is 2.00. The van der Waals surface area contributed by atoms with Gasteiger partial charge in [0.1, 0.15) is 0 Å². The number of hydrogen-bond donors (Lipinski definition) is 3. The van der Waals surface area contributed by atoms with Crippen molar-refractivity contribution in [2.45, 2.75) is 56.9 Å². The normalized spacial score (nSPS) is 17.2. The van der Waals surface area contributed by atoms with Gasteiger partial charge in [0.25, 0.3) is 0 Å². The van der Waals surface area contributed by atoms with E-state index in [-0.39, 0.29) is 17.9 Å². The van der Waals surface area contributed by atoms with Gasteiger partial charge in [0.15, 0.2) is 0 Å². The van der Waals surface area contributed by atoms with Gasteiger partial charge < -0.3 is 16.2 Å². The van der Waals surface area contributed by atoms with Crippen LogP contribution in [0.3, 0.4) is 0 Å². The molecular weight excluding hydrogens is 220 g/mol. The molecule has 1 rings (SSSR count). The average molecular weight is 242 g/mol. The molecule has 0 bridgehead atoms. The number of nitrogens with one attached hydrogen (secondary N) is 1. The summed E-state index contributed by atoms with van der Waals surface area (Å²) in [6.45, 7) is 0.620. The van der Waals surface area contributed by atoms with Crippen molar-refractivity contribution in [3.63, 3.8) is 0 Å². The van der Waals surface area contributed by atoms with E-state index in [4.69, 9.17) is 10.8 Å². The highest BCUT2D eigenvalue weighted by atomic mass is 16.4. The molecule has 4 N–H and O–H groups in total. The van der Waals surface area contributed by atoms with Crippen LogP contribution in [-0.4, -0.2) is 29.1 Å². The van der Waals surface area contributed by atoms with Crippen LogP contribution in [0.4, 0.5) is 0 Å². The minimum absolute atomic E-state index is 0.0189. The largest absolute Gasteiger partial charge is 0.481 e. The number of carboxylic acid groups (broad SMARTS) is 1. The minimum Gasteiger partial charge on any atom is -0.481 e. The van der Waals surface area contributed by atoms with Crippen LogP contribution >= 0.6 is 0 Å². The quantitative estimate of drug-likeness (QED) is 0.554. The van der Waals surface area contributed by atoms with Gasteiger partial charge in [-0.2, -0.15) is 0 Å². The van der Waals surface area contributed by atoms with Gasteiger partial charge in [-0.25, -0.2) is 0 Å². The molecule has 0 heterocycles. The second-order valence-electron chi connectivity index (χ2n) is 4.95. The van der Waals surface area contributed by atoms with Gasteiger partial charge >= 0.3 is 5.97 Å². The molecule has 5 nitrogen and oxygen atoms in total. The van der Waals surface area contributed by atoms with Crippen molar-refractivity contribution < 1.29 is 14.7 Å². The summed E-state index contributed by atoms with van der Waals surface area (Å²) in [7, 11) is 0. The van der Waals surface area contributed by atoms with Crippen molar-refractivity contribution in [1.29, 1.82) is 0 Å². The van der Waals surface area contributed by atoms with Crippen LogP contribution in [0.1, 0.15) is 51.4 Å². The number of hydrogen-bond acceptors (Lipinski definition) is 3. The molecule has 17 heavy (non-hydrogen) atoms. The first kappa shape index (κ1) is 14.0. The topological polar surface area (TPSA) is 92.4 Å². The van der Waals surface area contributed by atoms with Crippen LogP contribution in [-0.2, 0) is 9.59 Å². The molecule has 1 amide bonds. The molecule has 5 heteroatoms. The molecule has 0 aromatic rings. The van der Waals surface area contributed by atoms with Crippen LogP contribution in [0.15, 0.2) is 0 Å². The minimum atomic E-state index is -0.760. The molecule has 0 unspecified atom stereocenters. The molecule has 1 aliphatic carbocycles. The molecule has 1 saturated carbocycles. The van der Waals surface area contributed by atoms with Crippen LogP contribution in [0.25, 0.3) is 0 Å². The predicted molar refractivity (Wildman–Crippen MR) is 64.5 cm³/mol. The van der Waals surface area contributed by atoms with Crippen molar-refractivity contribution in [3.8, 4) is 0 Å². The predicted octanol–water partition coefficient (Wildman–Crippen LogP) is 1.02. The summed E-state index contributed by atoms with van der Waals surface area (Å²) in [5, 5.41) is 11.3. The Morgan fingerprint density at radius 3 is 2.47 bits per heavy atom. The third-order valence-electron chi connectivity index (χ3n) is 3.25. The van der Waals surface area contributed by atoms with E-state index in [0.29, 0.717) is 19.4 Å². The van der Waals surface area contributed by atoms with Gasteiger partial charge in [0, 0.05) is 24.9 Å². The van der Waals surface area contributed by atoms with Gasteiger partial charge in [-0.3, -0.25) is 9.59 Å². The first-order valence-electron chi connectivity index (χ1n) is 6.29. The molecule has 1 fully saturated rings. The van der Waals surface area contributed by atoms with Gasteiger partial charge in [0.05, 0.1) is 0 Å². The van der Waals surface area contributed by atoms with Crippen LogP contribution in [0.5, 0.6) is 0 Å². The first-order chi connectivity index (χ1) is 8.02. The van der Waals surface area contributed by atoms with Crippen LogP contribution in [0.2, 0.25) is 0 Å². The maximum atomic E-state index is 11.5. The van der Waals surface area contributed by atoms with Crippen molar-refractivity contribution in [1.82, 2.24) is 5.32 Å². The highest BCUT2D eigenvalue weighted by molar-refractivity contribution is 5.77. The molecule has 1 aliphatic rings. The number of carboxylic acids is 1. The molecule has 0 spiro atoms. The van der Waals surface area contributed by atoms with E-state index in [9.17, 15) is 9.59 Å². The summed E-state index contributed by atoms with van der Waals surface area (Å²) in [6, 6.07) is 0. The fourth-order valence-electron chi connectivity index (χ4n) is 2.00. The number of amides is 1. The molecule has 0 radical (unpaired) electrons. The lowest BCUT2D eigenvalue weighted by molar-refractivity contribution is -0.137. The Morgan fingerprint density at radius 2 is 1.94 bits per heavy atom. The zero-order valence-electron chi connectivity index (χ0n) is 10.2. The first-order valence-corrected chi connectivity index (χ1v) is 6.29. The lowest BCUT2D eigenvalue weighted by atomic mass is 9.75. The number of carbonyl (C=O) groups excluding carboxylic acids is 1. The van der Waals surface area contributed by atoms with Crippen molar-refractivity contribution in [3.05, 3.63) is 0 Å². The van der Waals surface area contributed by atoms with Crippen molar-refractivity contribution in [2.24, 2.45) is 5.73 Å². The highest BCUT2D eigenvalue weighted by Gasteiger charge is 2.34. The Kier molecular flexibility index (Phi) is 5.41. The fraction of sp³-hybridized carbons (Fsp3) is 0.833. The summed E-state index contributed by atoms with van der Waals surface area (Å²) in [6.07, 6.45) is 5.97. The van der Waals surface area contributed by atoms with E-state index in [0.717, 1.165) is 32.1 Å². The molecule has 0 saturated heterocycles. The summed E-state index contributed by atoms with van der Waals surface area (Å²) < 4.78 is 0. The monoisotopic (exact) mass is 242 g/mol. The Bertz CT molecular complexity index is 275. The number of aliphatic carboxylic acids is 1. The lowest BCUT2D eigenvalue weighted by Gasteiger charge is -2.37.